The van der Waals surface area contributed by atoms with Gasteiger partial charge in [-0.3, -0.25) is 9.59 Å². The van der Waals surface area contributed by atoms with Gasteiger partial charge in [0.1, 0.15) is 0 Å². The Morgan fingerprint density at radius 3 is 2.30 bits per heavy atom. The van der Waals surface area contributed by atoms with Gasteiger partial charge < -0.3 is 14.6 Å². The summed E-state index contributed by atoms with van der Waals surface area (Å²) in [6, 6.07) is 0. The molecular weight excluding hydrogens is 260 g/mol. The van der Waals surface area contributed by atoms with Gasteiger partial charge in [0, 0.05) is 5.92 Å². The number of aliphatic hydroxyl groups excluding tert-OH is 1. The molecule has 0 aliphatic heterocycles. The summed E-state index contributed by atoms with van der Waals surface area (Å²) in [5.41, 5.74) is -1.25. The van der Waals surface area contributed by atoms with Gasteiger partial charge >= 0.3 is 11.9 Å². The van der Waals surface area contributed by atoms with Crippen molar-refractivity contribution in [2.45, 2.75) is 46.1 Å². The van der Waals surface area contributed by atoms with E-state index in [9.17, 15) is 14.7 Å². The molecule has 1 fully saturated rings. The second-order valence-corrected chi connectivity index (χ2v) is 5.04. The Morgan fingerprint density at radius 1 is 1.30 bits per heavy atom. The molecule has 0 aromatic rings. The number of allylic oxidation sites excluding steroid dienone is 1. The van der Waals surface area contributed by atoms with E-state index in [1.54, 1.807) is 32.9 Å². The van der Waals surface area contributed by atoms with E-state index in [4.69, 9.17) is 9.47 Å². The molecule has 1 aliphatic rings. The Morgan fingerprint density at radius 2 is 1.85 bits per heavy atom. The Kier molecular flexibility index (Phi) is 6.20. The van der Waals surface area contributed by atoms with E-state index < -0.39 is 23.5 Å². The molecule has 5 nitrogen and oxygen atoms in total. The van der Waals surface area contributed by atoms with Crippen molar-refractivity contribution < 1.29 is 24.2 Å². The second kappa shape index (κ2) is 7.43. The quantitative estimate of drug-likeness (QED) is 0.458. The first-order valence-electron chi connectivity index (χ1n) is 7.19. The standard InChI is InChI=1S/C15H24O5/c1-4-19-13(17)15(14(18)20-5-2)10-6-7-12(15)9-8-11(3)16/h8-9,11-12,16H,4-7,10H2,1-3H3/b9-8+/t11-,12+/m0/s1. The SMILES string of the molecule is CCOC(=O)C1(C(=O)OCC)CCC[C@@H]1/C=C/[C@H](C)O. The fourth-order valence-corrected chi connectivity index (χ4v) is 2.70. The van der Waals surface area contributed by atoms with Crippen molar-refractivity contribution >= 4 is 11.9 Å². The van der Waals surface area contributed by atoms with Gasteiger partial charge in [-0.15, -0.1) is 0 Å². The highest BCUT2D eigenvalue weighted by atomic mass is 16.6. The molecular formula is C15H24O5. The lowest BCUT2D eigenvalue weighted by atomic mass is 9.77. The van der Waals surface area contributed by atoms with Crippen molar-refractivity contribution in [2.24, 2.45) is 11.3 Å². The molecule has 1 aliphatic carbocycles. The first kappa shape index (κ1) is 16.7. The van der Waals surface area contributed by atoms with Crippen molar-refractivity contribution in [1.82, 2.24) is 0 Å². The monoisotopic (exact) mass is 284 g/mol. The van der Waals surface area contributed by atoms with Gasteiger partial charge in [0.15, 0.2) is 5.41 Å². The smallest absolute Gasteiger partial charge is 0.324 e. The molecule has 0 aromatic carbocycles. The number of aliphatic hydroxyl groups is 1. The lowest BCUT2D eigenvalue weighted by molar-refractivity contribution is -0.173. The Balaban J connectivity index is 3.07. The van der Waals surface area contributed by atoms with Gasteiger partial charge in [0.2, 0.25) is 0 Å². The maximum atomic E-state index is 12.3. The largest absolute Gasteiger partial charge is 0.465 e. The number of esters is 2. The van der Waals surface area contributed by atoms with Crippen LogP contribution < -0.4 is 0 Å². The van der Waals surface area contributed by atoms with Crippen LogP contribution in [0.5, 0.6) is 0 Å². The minimum absolute atomic E-state index is 0.229. The molecule has 2 atom stereocenters. The van der Waals surface area contributed by atoms with Crippen LogP contribution in [0.4, 0.5) is 0 Å². The van der Waals surface area contributed by atoms with Gasteiger partial charge in [-0.05, 0) is 33.6 Å². The summed E-state index contributed by atoms with van der Waals surface area (Å²) in [7, 11) is 0. The zero-order valence-corrected chi connectivity index (χ0v) is 12.4. The molecule has 0 heterocycles. The molecule has 0 saturated heterocycles. The van der Waals surface area contributed by atoms with E-state index in [-0.39, 0.29) is 19.1 Å². The highest BCUT2D eigenvalue weighted by molar-refractivity contribution is 6.01. The maximum Gasteiger partial charge on any atom is 0.324 e. The number of carbonyl (C=O) groups is 2. The molecule has 0 spiro atoms. The summed E-state index contributed by atoms with van der Waals surface area (Å²) in [4.78, 5) is 24.6. The second-order valence-electron chi connectivity index (χ2n) is 5.04. The van der Waals surface area contributed by atoms with Crippen LogP contribution in [0, 0.1) is 11.3 Å². The van der Waals surface area contributed by atoms with Crippen LogP contribution in [0.1, 0.15) is 40.0 Å². The van der Waals surface area contributed by atoms with Gasteiger partial charge in [0.05, 0.1) is 19.3 Å². The van der Waals surface area contributed by atoms with Crippen LogP contribution in [-0.2, 0) is 19.1 Å². The number of rotatable bonds is 6. The Hall–Kier alpha value is -1.36. The van der Waals surface area contributed by atoms with Crippen molar-refractivity contribution in [3.8, 4) is 0 Å². The predicted octanol–water partition coefficient (Wildman–Crippen LogP) is 1.84. The summed E-state index contributed by atoms with van der Waals surface area (Å²) < 4.78 is 10.2. The third kappa shape index (κ3) is 3.39. The van der Waals surface area contributed by atoms with E-state index in [1.807, 2.05) is 0 Å². The van der Waals surface area contributed by atoms with Gasteiger partial charge in [0.25, 0.3) is 0 Å². The summed E-state index contributed by atoms with van der Waals surface area (Å²) in [5.74, 6) is -1.32. The topological polar surface area (TPSA) is 72.8 Å². The first-order chi connectivity index (χ1) is 9.48. The summed E-state index contributed by atoms with van der Waals surface area (Å²) in [6.07, 6.45) is 4.62. The Labute approximate surface area is 119 Å². The lowest BCUT2D eigenvalue weighted by Crippen LogP contribution is -2.44. The van der Waals surface area contributed by atoms with Crippen molar-refractivity contribution in [3.05, 3.63) is 12.2 Å². The molecule has 0 unspecified atom stereocenters. The van der Waals surface area contributed by atoms with Crippen molar-refractivity contribution in [3.63, 3.8) is 0 Å². The molecule has 1 saturated carbocycles. The molecule has 0 amide bonds. The molecule has 1 N–H and O–H groups in total. The van der Waals surface area contributed by atoms with Crippen molar-refractivity contribution in [1.29, 1.82) is 0 Å². The minimum atomic E-state index is -1.25. The highest BCUT2D eigenvalue weighted by Crippen LogP contribution is 2.46. The van der Waals surface area contributed by atoms with Gasteiger partial charge in [-0.1, -0.05) is 18.6 Å². The van der Waals surface area contributed by atoms with Crippen molar-refractivity contribution in [2.75, 3.05) is 13.2 Å². The van der Waals surface area contributed by atoms with Crippen LogP contribution in [0.15, 0.2) is 12.2 Å². The van der Waals surface area contributed by atoms with E-state index in [0.29, 0.717) is 12.8 Å². The number of hydrogen-bond acceptors (Lipinski definition) is 5. The molecule has 0 aromatic heterocycles. The van der Waals surface area contributed by atoms with Crippen LogP contribution in [-0.4, -0.2) is 36.4 Å². The summed E-state index contributed by atoms with van der Waals surface area (Å²) in [6.45, 7) is 5.51. The Bertz CT molecular complexity index is 354. The highest BCUT2D eigenvalue weighted by Gasteiger charge is 2.56. The van der Waals surface area contributed by atoms with Crippen LogP contribution in [0.2, 0.25) is 0 Å². The predicted molar refractivity (Wildman–Crippen MR) is 73.9 cm³/mol. The maximum absolute atomic E-state index is 12.3. The number of hydrogen-bond donors (Lipinski definition) is 1. The number of carbonyl (C=O) groups excluding carboxylic acids is 2. The molecule has 114 valence electrons. The molecule has 1 rings (SSSR count). The summed E-state index contributed by atoms with van der Waals surface area (Å²) in [5, 5.41) is 9.35. The minimum Gasteiger partial charge on any atom is -0.465 e. The van der Waals surface area contributed by atoms with E-state index in [0.717, 1.165) is 6.42 Å². The summed E-state index contributed by atoms with van der Waals surface area (Å²) >= 11 is 0. The first-order valence-corrected chi connectivity index (χ1v) is 7.19. The zero-order chi connectivity index (χ0) is 15.2. The van der Waals surface area contributed by atoms with Crippen LogP contribution >= 0.6 is 0 Å². The van der Waals surface area contributed by atoms with Crippen LogP contribution in [0.3, 0.4) is 0 Å². The third-order valence-corrected chi connectivity index (χ3v) is 3.62. The molecule has 5 heteroatoms. The molecule has 20 heavy (non-hydrogen) atoms. The average Bonchev–Trinajstić information content (AvgIpc) is 2.81. The average molecular weight is 284 g/mol. The fraction of sp³-hybridized carbons (Fsp3) is 0.733. The molecule has 0 radical (unpaired) electrons. The molecule has 0 bridgehead atoms. The normalized spacial score (nSPS) is 22.7. The fourth-order valence-electron chi connectivity index (χ4n) is 2.70. The van der Waals surface area contributed by atoms with Crippen LogP contribution in [0.25, 0.3) is 0 Å². The van der Waals surface area contributed by atoms with E-state index in [1.165, 1.54) is 0 Å². The lowest BCUT2D eigenvalue weighted by Gasteiger charge is -2.29. The van der Waals surface area contributed by atoms with E-state index in [2.05, 4.69) is 0 Å². The van der Waals surface area contributed by atoms with Gasteiger partial charge in [-0.2, -0.15) is 0 Å². The van der Waals surface area contributed by atoms with Gasteiger partial charge in [-0.25, -0.2) is 0 Å². The zero-order valence-electron chi connectivity index (χ0n) is 12.4. The third-order valence-electron chi connectivity index (χ3n) is 3.62. The van der Waals surface area contributed by atoms with E-state index >= 15 is 0 Å². The number of ether oxygens (including phenoxy) is 2.